The van der Waals surface area contributed by atoms with E-state index in [0.717, 1.165) is 0 Å². The van der Waals surface area contributed by atoms with Crippen molar-refractivity contribution in [3.8, 4) is 0 Å². The molecule has 0 aliphatic heterocycles. The number of nitrogens with zero attached hydrogens (tertiary/aromatic N) is 3. The zero-order chi connectivity index (χ0) is 13.9. The van der Waals surface area contributed by atoms with Crippen LogP contribution < -0.4 is 10.0 Å². The van der Waals surface area contributed by atoms with Crippen molar-refractivity contribution in [3.63, 3.8) is 0 Å². The molecule has 0 fully saturated rings. The lowest BCUT2D eigenvalue weighted by molar-refractivity contribution is 0.594. The summed E-state index contributed by atoms with van der Waals surface area (Å²) in [5.41, 5.74) is 6.61. The molecule has 0 aromatic carbocycles. The second-order valence-electron chi connectivity index (χ2n) is 3.87. The standard InChI is InChI=1S/C12H14N4O2S/c1-16(11-4-6-14-7-5-11)19(17,18)12-3-2-10(8-13)15-9-12/h2-7,9H,8,13H2,1H3. The fourth-order valence-electron chi connectivity index (χ4n) is 1.54. The van der Waals surface area contributed by atoms with Gasteiger partial charge in [0.05, 0.1) is 11.4 Å². The van der Waals surface area contributed by atoms with Gasteiger partial charge in [-0.1, -0.05) is 0 Å². The van der Waals surface area contributed by atoms with Crippen LogP contribution in [-0.4, -0.2) is 25.4 Å². The highest BCUT2D eigenvalue weighted by Crippen LogP contribution is 2.20. The third-order valence-electron chi connectivity index (χ3n) is 2.69. The van der Waals surface area contributed by atoms with Gasteiger partial charge in [-0.3, -0.25) is 14.3 Å². The van der Waals surface area contributed by atoms with Crippen LogP contribution in [0.2, 0.25) is 0 Å². The fraction of sp³-hybridized carbons (Fsp3) is 0.167. The van der Waals surface area contributed by atoms with Crippen molar-refractivity contribution in [1.29, 1.82) is 0 Å². The summed E-state index contributed by atoms with van der Waals surface area (Å²) in [6.45, 7) is 0.278. The van der Waals surface area contributed by atoms with Gasteiger partial charge in [0, 0.05) is 32.2 Å². The predicted molar refractivity (Wildman–Crippen MR) is 72.0 cm³/mol. The fourth-order valence-corrected chi connectivity index (χ4v) is 2.68. The highest BCUT2D eigenvalue weighted by molar-refractivity contribution is 7.92. The Hall–Kier alpha value is -1.99. The lowest BCUT2D eigenvalue weighted by Crippen LogP contribution is -2.26. The normalized spacial score (nSPS) is 11.3. The van der Waals surface area contributed by atoms with Gasteiger partial charge in [0.25, 0.3) is 10.0 Å². The molecule has 19 heavy (non-hydrogen) atoms. The zero-order valence-electron chi connectivity index (χ0n) is 10.4. The Bertz CT molecular complexity index is 641. The number of anilines is 1. The van der Waals surface area contributed by atoms with Crippen LogP contribution in [-0.2, 0) is 16.6 Å². The average molecular weight is 278 g/mol. The molecule has 0 aliphatic carbocycles. The molecule has 6 nitrogen and oxygen atoms in total. The number of sulfonamides is 1. The van der Waals surface area contributed by atoms with Gasteiger partial charge in [0.15, 0.2) is 0 Å². The second kappa shape index (κ2) is 5.33. The summed E-state index contributed by atoms with van der Waals surface area (Å²) < 4.78 is 25.9. The minimum atomic E-state index is -3.61. The Morgan fingerprint density at radius 2 is 1.89 bits per heavy atom. The Morgan fingerprint density at radius 1 is 1.21 bits per heavy atom. The number of hydrogen-bond donors (Lipinski definition) is 1. The molecule has 0 spiro atoms. The molecule has 2 aromatic rings. The largest absolute Gasteiger partial charge is 0.325 e. The van der Waals surface area contributed by atoms with Crippen molar-refractivity contribution < 1.29 is 8.42 Å². The van der Waals surface area contributed by atoms with E-state index in [2.05, 4.69) is 9.97 Å². The van der Waals surface area contributed by atoms with E-state index < -0.39 is 10.0 Å². The van der Waals surface area contributed by atoms with E-state index in [-0.39, 0.29) is 11.4 Å². The first-order chi connectivity index (χ1) is 9.05. The molecule has 2 rings (SSSR count). The number of nitrogens with two attached hydrogens (primary N) is 1. The van der Waals surface area contributed by atoms with Crippen molar-refractivity contribution in [2.45, 2.75) is 11.4 Å². The van der Waals surface area contributed by atoms with Crippen molar-refractivity contribution in [3.05, 3.63) is 48.5 Å². The average Bonchev–Trinajstić information content (AvgIpc) is 2.47. The van der Waals surface area contributed by atoms with E-state index in [9.17, 15) is 8.42 Å². The quantitative estimate of drug-likeness (QED) is 0.892. The maximum absolute atomic E-state index is 12.4. The van der Waals surface area contributed by atoms with Gasteiger partial charge in [0.1, 0.15) is 4.90 Å². The minimum absolute atomic E-state index is 0.129. The molecule has 0 saturated heterocycles. The van der Waals surface area contributed by atoms with E-state index in [1.54, 1.807) is 18.2 Å². The molecule has 0 bridgehead atoms. The topological polar surface area (TPSA) is 89.2 Å². The van der Waals surface area contributed by atoms with E-state index in [1.165, 1.54) is 36.0 Å². The van der Waals surface area contributed by atoms with E-state index in [4.69, 9.17) is 5.73 Å². The maximum atomic E-state index is 12.4. The summed E-state index contributed by atoms with van der Waals surface area (Å²) >= 11 is 0. The van der Waals surface area contributed by atoms with Crippen LogP contribution in [0.1, 0.15) is 5.69 Å². The van der Waals surface area contributed by atoms with Gasteiger partial charge in [-0.15, -0.1) is 0 Å². The van der Waals surface area contributed by atoms with Crippen LogP contribution in [0.15, 0.2) is 47.8 Å². The maximum Gasteiger partial charge on any atom is 0.265 e. The zero-order valence-corrected chi connectivity index (χ0v) is 11.2. The third-order valence-corrected chi connectivity index (χ3v) is 4.46. The Balaban J connectivity index is 2.36. The number of pyridine rings is 2. The summed E-state index contributed by atoms with van der Waals surface area (Å²) in [6.07, 6.45) is 4.39. The smallest absolute Gasteiger partial charge is 0.265 e. The number of aromatic nitrogens is 2. The predicted octanol–water partition coefficient (Wildman–Crippen LogP) is 0.760. The SMILES string of the molecule is CN(c1ccncc1)S(=O)(=O)c1ccc(CN)nc1. The van der Waals surface area contributed by atoms with Gasteiger partial charge >= 0.3 is 0 Å². The lowest BCUT2D eigenvalue weighted by Gasteiger charge is -2.19. The second-order valence-corrected chi connectivity index (χ2v) is 5.84. The molecule has 100 valence electrons. The highest BCUT2D eigenvalue weighted by atomic mass is 32.2. The van der Waals surface area contributed by atoms with Gasteiger partial charge in [-0.25, -0.2) is 8.42 Å². The Labute approximate surface area is 112 Å². The van der Waals surface area contributed by atoms with Gasteiger partial charge in [-0.05, 0) is 24.3 Å². The van der Waals surface area contributed by atoms with E-state index in [0.29, 0.717) is 11.4 Å². The molecule has 0 aliphatic rings. The van der Waals surface area contributed by atoms with Crippen molar-refractivity contribution in [1.82, 2.24) is 9.97 Å². The van der Waals surface area contributed by atoms with Crippen LogP contribution >= 0.6 is 0 Å². The molecule has 0 atom stereocenters. The summed E-state index contributed by atoms with van der Waals surface area (Å²) in [4.78, 5) is 7.98. The highest BCUT2D eigenvalue weighted by Gasteiger charge is 2.21. The first-order valence-corrected chi connectivity index (χ1v) is 7.03. The van der Waals surface area contributed by atoms with Crippen molar-refractivity contribution >= 4 is 15.7 Å². The summed E-state index contributed by atoms with van der Waals surface area (Å²) in [5.74, 6) is 0. The van der Waals surface area contributed by atoms with Crippen LogP contribution in [0, 0.1) is 0 Å². The third kappa shape index (κ3) is 2.72. The molecule has 7 heteroatoms. The molecule has 2 aromatic heterocycles. The van der Waals surface area contributed by atoms with Gasteiger partial charge in [0.2, 0.25) is 0 Å². The summed E-state index contributed by atoms with van der Waals surface area (Å²) in [5, 5.41) is 0. The Kier molecular flexibility index (Phi) is 3.77. The van der Waals surface area contributed by atoms with E-state index >= 15 is 0 Å². The summed E-state index contributed by atoms with van der Waals surface area (Å²) in [6, 6.07) is 6.36. The molecular weight excluding hydrogens is 264 g/mol. The van der Waals surface area contributed by atoms with Crippen LogP contribution in [0.3, 0.4) is 0 Å². The molecular formula is C12H14N4O2S. The first-order valence-electron chi connectivity index (χ1n) is 5.59. The van der Waals surface area contributed by atoms with Crippen molar-refractivity contribution in [2.75, 3.05) is 11.4 Å². The van der Waals surface area contributed by atoms with E-state index in [1.807, 2.05) is 0 Å². The van der Waals surface area contributed by atoms with Crippen LogP contribution in [0.25, 0.3) is 0 Å². The van der Waals surface area contributed by atoms with Crippen LogP contribution in [0.4, 0.5) is 5.69 Å². The number of rotatable bonds is 4. The van der Waals surface area contributed by atoms with Gasteiger partial charge in [-0.2, -0.15) is 0 Å². The van der Waals surface area contributed by atoms with Crippen LogP contribution in [0.5, 0.6) is 0 Å². The molecule has 2 N–H and O–H groups in total. The molecule has 0 amide bonds. The monoisotopic (exact) mass is 278 g/mol. The van der Waals surface area contributed by atoms with Gasteiger partial charge < -0.3 is 5.73 Å². The first kappa shape index (κ1) is 13.4. The van der Waals surface area contributed by atoms with Crippen molar-refractivity contribution in [2.24, 2.45) is 5.73 Å². The summed E-state index contributed by atoms with van der Waals surface area (Å²) in [7, 11) is -2.13. The Morgan fingerprint density at radius 3 is 2.42 bits per heavy atom. The minimum Gasteiger partial charge on any atom is -0.325 e. The number of hydrogen-bond acceptors (Lipinski definition) is 5. The molecule has 2 heterocycles. The molecule has 0 unspecified atom stereocenters. The molecule has 0 radical (unpaired) electrons. The lowest BCUT2D eigenvalue weighted by atomic mass is 10.4. The molecule has 0 saturated carbocycles.